The van der Waals surface area contributed by atoms with Crippen LogP contribution in [0.5, 0.6) is 5.88 Å². The van der Waals surface area contributed by atoms with Gasteiger partial charge in [0.05, 0.1) is 6.20 Å². The minimum absolute atomic E-state index is 0.451. The quantitative estimate of drug-likeness (QED) is 0.652. The fourth-order valence-corrected chi connectivity index (χ4v) is 1.39. The maximum absolute atomic E-state index is 5.53. The van der Waals surface area contributed by atoms with E-state index in [9.17, 15) is 0 Å². The molecule has 1 N–H and O–H groups in total. The van der Waals surface area contributed by atoms with Gasteiger partial charge in [0.25, 0.3) is 0 Å². The number of rotatable bonds is 1. The predicted octanol–water partition coefficient (Wildman–Crippen LogP) is 0.254. The van der Waals surface area contributed by atoms with Crippen molar-refractivity contribution in [1.29, 1.82) is 0 Å². The molecule has 2 heterocycles. The first-order valence-electron chi connectivity index (χ1n) is 4.22. The zero-order valence-corrected chi connectivity index (χ0v) is 7.16. The van der Waals surface area contributed by atoms with E-state index in [2.05, 4.69) is 10.4 Å². The molecule has 0 saturated carbocycles. The van der Waals surface area contributed by atoms with Gasteiger partial charge in [-0.15, -0.1) is 0 Å². The molecular weight excluding hydrogens is 154 g/mol. The third-order valence-corrected chi connectivity index (χ3v) is 2.21. The van der Waals surface area contributed by atoms with Crippen molar-refractivity contribution in [1.82, 2.24) is 15.1 Å². The molecule has 4 heteroatoms. The predicted molar refractivity (Wildman–Crippen MR) is 45.2 cm³/mol. The van der Waals surface area contributed by atoms with Crippen molar-refractivity contribution in [2.24, 2.45) is 0 Å². The average Bonchev–Trinajstić information content (AvgIpc) is 2.46. The van der Waals surface area contributed by atoms with E-state index in [0.29, 0.717) is 6.04 Å². The van der Waals surface area contributed by atoms with E-state index in [4.69, 9.17) is 4.74 Å². The normalized spacial score (nSPS) is 22.6. The molecule has 0 amide bonds. The molecule has 1 aliphatic rings. The van der Waals surface area contributed by atoms with Gasteiger partial charge in [-0.25, -0.2) is 4.68 Å². The first kappa shape index (κ1) is 7.61. The van der Waals surface area contributed by atoms with Crippen molar-refractivity contribution >= 4 is 0 Å². The van der Waals surface area contributed by atoms with Gasteiger partial charge in [0.1, 0.15) is 6.61 Å². The topological polar surface area (TPSA) is 39.1 Å². The minimum atomic E-state index is 0.451. The highest BCUT2D eigenvalue weighted by molar-refractivity contribution is 5.08. The Bertz CT molecular complexity index is 236. The Labute approximate surface area is 71.5 Å². The van der Waals surface area contributed by atoms with E-state index in [1.165, 1.54) is 0 Å². The first-order chi connectivity index (χ1) is 5.90. The van der Waals surface area contributed by atoms with E-state index in [1.807, 2.05) is 17.8 Å². The van der Waals surface area contributed by atoms with Gasteiger partial charge in [-0.3, -0.25) is 0 Å². The summed E-state index contributed by atoms with van der Waals surface area (Å²) in [5.41, 5.74) is 0. The smallest absolute Gasteiger partial charge is 0.211 e. The van der Waals surface area contributed by atoms with Gasteiger partial charge in [0, 0.05) is 18.7 Å². The number of ether oxygens (including phenoxy) is 1. The number of nitrogens with one attached hydrogen (secondary N) is 1. The zero-order chi connectivity index (χ0) is 8.39. The third-order valence-electron chi connectivity index (χ3n) is 2.21. The number of nitrogens with zero attached hydrogens (tertiary/aromatic N) is 2. The minimum Gasteiger partial charge on any atom is -0.476 e. The third kappa shape index (κ3) is 1.30. The summed E-state index contributed by atoms with van der Waals surface area (Å²) in [5, 5.41) is 7.35. The Balaban J connectivity index is 2.10. The molecule has 66 valence electrons. The summed E-state index contributed by atoms with van der Waals surface area (Å²) in [5.74, 6) is 0.882. The summed E-state index contributed by atoms with van der Waals surface area (Å²) >= 11 is 0. The fraction of sp³-hybridized carbons (Fsp3) is 0.625. The van der Waals surface area contributed by atoms with E-state index < -0.39 is 0 Å². The molecule has 0 aromatic carbocycles. The van der Waals surface area contributed by atoms with E-state index in [-0.39, 0.29) is 0 Å². The standard InChI is InChI=1S/C8H13N3O/c1-9-7-3-5-11-8(12-6-7)2-4-10-11/h2,4,7,9H,3,5-6H2,1H3. The van der Waals surface area contributed by atoms with E-state index in [1.54, 1.807) is 6.20 Å². The SMILES string of the molecule is CNC1CCn2nccc2OC1. The van der Waals surface area contributed by atoms with Crippen LogP contribution in [0.3, 0.4) is 0 Å². The molecule has 1 atom stereocenters. The Morgan fingerprint density at radius 1 is 1.75 bits per heavy atom. The Hall–Kier alpha value is -1.03. The molecule has 0 aliphatic carbocycles. The second-order valence-electron chi connectivity index (χ2n) is 2.98. The van der Waals surface area contributed by atoms with Crippen molar-refractivity contribution in [2.45, 2.75) is 19.0 Å². The van der Waals surface area contributed by atoms with Gasteiger partial charge >= 0.3 is 0 Å². The van der Waals surface area contributed by atoms with Crippen molar-refractivity contribution in [2.75, 3.05) is 13.7 Å². The molecule has 0 bridgehead atoms. The number of fused-ring (bicyclic) bond motifs is 1. The van der Waals surface area contributed by atoms with Crippen LogP contribution in [0.25, 0.3) is 0 Å². The van der Waals surface area contributed by atoms with Crippen LogP contribution in [0, 0.1) is 0 Å². The first-order valence-corrected chi connectivity index (χ1v) is 4.22. The van der Waals surface area contributed by atoms with Gasteiger partial charge in [0.15, 0.2) is 0 Å². The summed E-state index contributed by atoms with van der Waals surface area (Å²) in [6.07, 6.45) is 2.85. The maximum Gasteiger partial charge on any atom is 0.211 e. The number of likely N-dealkylation sites (N-methyl/N-ethyl adjacent to an activating group) is 1. The monoisotopic (exact) mass is 167 g/mol. The molecular formula is C8H13N3O. The highest BCUT2D eigenvalue weighted by atomic mass is 16.5. The molecule has 2 rings (SSSR count). The molecule has 0 spiro atoms. The lowest BCUT2D eigenvalue weighted by atomic mass is 10.2. The number of hydrogen-bond acceptors (Lipinski definition) is 3. The summed E-state index contributed by atoms with van der Waals surface area (Å²) in [6.45, 7) is 1.68. The summed E-state index contributed by atoms with van der Waals surface area (Å²) in [7, 11) is 1.96. The zero-order valence-electron chi connectivity index (χ0n) is 7.16. The van der Waals surface area contributed by atoms with Crippen LogP contribution in [-0.2, 0) is 6.54 Å². The lowest BCUT2D eigenvalue weighted by Gasteiger charge is -2.10. The lowest BCUT2D eigenvalue weighted by Crippen LogP contribution is -2.30. The van der Waals surface area contributed by atoms with E-state index in [0.717, 1.165) is 25.5 Å². The van der Waals surface area contributed by atoms with Gasteiger partial charge in [-0.1, -0.05) is 0 Å². The second-order valence-corrected chi connectivity index (χ2v) is 2.98. The van der Waals surface area contributed by atoms with Gasteiger partial charge in [-0.2, -0.15) is 5.10 Å². The molecule has 0 radical (unpaired) electrons. The Morgan fingerprint density at radius 3 is 3.50 bits per heavy atom. The summed E-state index contributed by atoms with van der Waals surface area (Å²) in [6, 6.07) is 2.35. The molecule has 1 unspecified atom stereocenters. The fourth-order valence-electron chi connectivity index (χ4n) is 1.39. The second kappa shape index (κ2) is 3.15. The molecule has 1 aliphatic heterocycles. The van der Waals surface area contributed by atoms with Gasteiger partial charge < -0.3 is 10.1 Å². The molecule has 0 fully saturated rings. The number of aryl methyl sites for hydroxylation is 1. The maximum atomic E-state index is 5.53. The van der Waals surface area contributed by atoms with Crippen molar-refractivity contribution in [3.8, 4) is 5.88 Å². The molecule has 4 nitrogen and oxygen atoms in total. The average molecular weight is 167 g/mol. The van der Waals surface area contributed by atoms with Crippen molar-refractivity contribution < 1.29 is 4.74 Å². The van der Waals surface area contributed by atoms with Gasteiger partial charge in [0.2, 0.25) is 5.88 Å². The summed E-state index contributed by atoms with van der Waals surface area (Å²) in [4.78, 5) is 0. The van der Waals surface area contributed by atoms with E-state index >= 15 is 0 Å². The van der Waals surface area contributed by atoms with Crippen LogP contribution >= 0.6 is 0 Å². The highest BCUT2D eigenvalue weighted by Gasteiger charge is 2.14. The molecule has 0 saturated heterocycles. The van der Waals surface area contributed by atoms with Crippen LogP contribution in [0.1, 0.15) is 6.42 Å². The number of hydrogen-bond donors (Lipinski definition) is 1. The van der Waals surface area contributed by atoms with Crippen LogP contribution in [-0.4, -0.2) is 29.5 Å². The van der Waals surface area contributed by atoms with Crippen molar-refractivity contribution in [3.05, 3.63) is 12.3 Å². The van der Waals surface area contributed by atoms with Crippen LogP contribution < -0.4 is 10.1 Å². The Morgan fingerprint density at radius 2 is 2.67 bits per heavy atom. The molecule has 12 heavy (non-hydrogen) atoms. The lowest BCUT2D eigenvalue weighted by molar-refractivity contribution is 0.269. The molecule has 1 aromatic heterocycles. The van der Waals surface area contributed by atoms with Crippen LogP contribution in [0.2, 0.25) is 0 Å². The van der Waals surface area contributed by atoms with Crippen LogP contribution in [0.4, 0.5) is 0 Å². The highest BCUT2D eigenvalue weighted by Crippen LogP contribution is 2.14. The van der Waals surface area contributed by atoms with Gasteiger partial charge in [-0.05, 0) is 13.5 Å². The van der Waals surface area contributed by atoms with Crippen molar-refractivity contribution in [3.63, 3.8) is 0 Å². The molecule has 1 aromatic rings. The summed E-state index contributed by atoms with van der Waals surface area (Å²) < 4.78 is 7.43. The largest absolute Gasteiger partial charge is 0.476 e. The Kier molecular flexibility index (Phi) is 1.99. The number of aromatic nitrogens is 2. The van der Waals surface area contributed by atoms with Crippen LogP contribution in [0.15, 0.2) is 12.3 Å².